The van der Waals surface area contributed by atoms with Crippen molar-refractivity contribution >= 4 is 53.2 Å². The molecule has 0 saturated carbocycles. The van der Waals surface area contributed by atoms with Gasteiger partial charge in [-0.15, -0.1) is 0 Å². The lowest BCUT2D eigenvalue weighted by Crippen LogP contribution is -2.66. The Hall–Kier alpha value is -5.01. The zero-order valence-corrected chi connectivity index (χ0v) is 27.0. The van der Waals surface area contributed by atoms with Gasteiger partial charge in [0.2, 0.25) is 41.5 Å². The van der Waals surface area contributed by atoms with Gasteiger partial charge in [-0.05, 0) is 12.8 Å². The number of β-amino-alcohol motifs (C(OH)–C–C–N with tert-alkyl or cyclic N) is 1. The number of aliphatic hydroxyl groups is 5. The molecular formula is C26H43N9O15. The van der Waals surface area contributed by atoms with E-state index in [1.165, 1.54) is 13.8 Å². The Bertz CT molecular complexity index is 1310. The van der Waals surface area contributed by atoms with Gasteiger partial charge in [-0.3, -0.25) is 38.4 Å². The lowest BCUT2D eigenvalue weighted by molar-refractivity contribution is -0.148. The molecule has 282 valence electrons. The van der Waals surface area contributed by atoms with E-state index in [2.05, 4.69) is 5.32 Å². The van der Waals surface area contributed by atoms with E-state index in [0.29, 0.717) is 0 Å². The van der Waals surface area contributed by atoms with Crippen LogP contribution in [0.25, 0.3) is 0 Å². The molecule has 0 aromatic heterocycles. The minimum Gasteiger partial charge on any atom is -0.479 e. The van der Waals surface area contributed by atoms with Crippen LogP contribution in [0, 0.1) is 5.92 Å². The lowest BCUT2D eigenvalue weighted by Gasteiger charge is -2.31. The lowest BCUT2D eigenvalue weighted by atomic mass is 9.99. The zero-order chi connectivity index (χ0) is 38.6. The van der Waals surface area contributed by atoms with Crippen molar-refractivity contribution in [2.45, 2.75) is 81.4 Å². The summed E-state index contributed by atoms with van der Waals surface area (Å²) in [6, 6.07) is -12.0. The number of aliphatic carboxylic acids is 1. The van der Waals surface area contributed by atoms with E-state index in [4.69, 9.17) is 11.5 Å². The van der Waals surface area contributed by atoms with Gasteiger partial charge in [-0.2, -0.15) is 0 Å². The van der Waals surface area contributed by atoms with Crippen LogP contribution < -0.4 is 48.7 Å². The molecule has 0 spiro atoms. The van der Waals surface area contributed by atoms with Gasteiger partial charge in [0.25, 0.3) is 11.8 Å². The summed E-state index contributed by atoms with van der Waals surface area (Å²) in [6.07, 6.45) is -9.02. The van der Waals surface area contributed by atoms with E-state index < -0.39 is 140 Å². The average molecular weight is 722 g/mol. The summed E-state index contributed by atoms with van der Waals surface area (Å²) < 4.78 is 0. The highest BCUT2D eigenvalue weighted by Crippen LogP contribution is 2.08. The third kappa shape index (κ3) is 11.8. The van der Waals surface area contributed by atoms with E-state index in [-0.39, 0.29) is 0 Å². The molecule has 1 aliphatic rings. The van der Waals surface area contributed by atoms with E-state index in [0.717, 1.165) is 6.92 Å². The highest BCUT2D eigenvalue weighted by molar-refractivity contribution is 6.06. The van der Waals surface area contributed by atoms with Crippen molar-refractivity contribution in [2.24, 2.45) is 17.4 Å². The molecule has 24 heteroatoms. The molecule has 10 atom stereocenters. The van der Waals surface area contributed by atoms with Crippen LogP contribution >= 0.6 is 0 Å². The molecule has 1 rings (SSSR count). The summed E-state index contributed by atoms with van der Waals surface area (Å²) in [4.78, 5) is 114. The van der Waals surface area contributed by atoms with Crippen molar-refractivity contribution < 1.29 is 73.8 Å². The summed E-state index contributed by atoms with van der Waals surface area (Å²) >= 11 is 0. The summed E-state index contributed by atoms with van der Waals surface area (Å²) in [5.74, 6) is -14.0. The SMILES string of the molecule is CC(C)[C@H]1NC(=O)[C@@H](CO)NC(=O)[C@@H](CN)NC(=O)[C@H](C(=O)O)NC(=O)[C@H](O)CNC(=O)[C@@H]([C@@H](C)O)NC(=O)[C@H]([C@@H](O)[C@H](O)C(N)=O)NC1=O. The van der Waals surface area contributed by atoms with Crippen LogP contribution in [0.2, 0.25) is 0 Å². The normalized spacial score (nSPS) is 28.8. The molecule has 0 unspecified atom stereocenters. The summed E-state index contributed by atoms with van der Waals surface area (Å²) in [7, 11) is 0. The van der Waals surface area contributed by atoms with Crippen molar-refractivity contribution in [2.75, 3.05) is 19.7 Å². The second-order valence-electron chi connectivity index (χ2n) is 11.4. The molecule has 17 N–H and O–H groups in total. The van der Waals surface area contributed by atoms with Gasteiger partial charge in [-0.1, -0.05) is 13.8 Å². The number of hydrogen-bond acceptors (Lipinski definition) is 15. The van der Waals surface area contributed by atoms with E-state index in [9.17, 15) is 73.8 Å². The fourth-order valence-electron chi connectivity index (χ4n) is 4.17. The van der Waals surface area contributed by atoms with E-state index >= 15 is 0 Å². The fourth-order valence-corrected chi connectivity index (χ4v) is 4.17. The van der Waals surface area contributed by atoms with Crippen LogP contribution in [0.15, 0.2) is 0 Å². The number of carboxylic acid groups (broad SMARTS) is 1. The fraction of sp³-hybridized carbons (Fsp3) is 0.654. The average Bonchev–Trinajstić information content (AvgIpc) is 3.04. The molecule has 0 aliphatic carbocycles. The number of amides is 8. The number of rotatable bonds is 8. The Balaban J connectivity index is 3.70. The molecule has 1 fully saturated rings. The molecule has 0 radical (unpaired) electrons. The second-order valence-corrected chi connectivity index (χ2v) is 11.4. The molecule has 1 heterocycles. The van der Waals surface area contributed by atoms with Gasteiger partial charge in [-0.25, -0.2) is 4.79 Å². The minimum atomic E-state index is -2.50. The van der Waals surface area contributed by atoms with Crippen molar-refractivity contribution in [3.8, 4) is 0 Å². The monoisotopic (exact) mass is 721 g/mol. The largest absolute Gasteiger partial charge is 0.479 e. The van der Waals surface area contributed by atoms with Gasteiger partial charge in [0.1, 0.15) is 42.4 Å². The number of carbonyl (C=O) groups excluding carboxylic acids is 8. The standard InChI is InChI=1S/C26H43N9O15/c1-7(2)12-23(46)34-14(16(39)17(40)18(28)41)24(47)33-13(8(3)37)22(45)29-5-11(38)21(44)35-15(26(49)50)25(48)30-9(4-27)19(42)31-10(6-36)20(43)32-12/h7-17,36-40H,4-6,27H2,1-3H3,(H2,28,41)(H,29,45)(H,30,48)(H,31,42)(H,32,43)(H,33,47)(H,34,46)(H,35,44)(H,49,50)/t8-,9-,10-,11-,12-,13-,14+,15-,16-,17+/m1/s1. The number of nitrogens with two attached hydrogens (primary N) is 2. The van der Waals surface area contributed by atoms with Crippen LogP contribution in [-0.2, 0) is 43.2 Å². The topological polar surface area (TPSA) is 411 Å². The van der Waals surface area contributed by atoms with Gasteiger partial charge in [0.15, 0.2) is 6.10 Å². The summed E-state index contributed by atoms with van der Waals surface area (Å²) in [6.45, 7) is 0.947. The molecule has 24 nitrogen and oxygen atoms in total. The Kier molecular flexibility index (Phi) is 16.6. The molecule has 0 bridgehead atoms. The van der Waals surface area contributed by atoms with Gasteiger partial charge in [0, 0.05) is 6.54 Å². The van der Waals surface area contributed by atoms with Crippen LogP contribution in [0.5, 0.6) is 0 Å². The quantitative estimate of drug-likeness (QED) is 0.103. The molecular weight excluding hydrogens is 678 g/mol. The Morgan fingerprint density at radius 3 is 1.70 bits per heavy atom. The first-order chi connectivity index (χ1) is 23.2. The van der Waals surface area contributed by atoms with Gasteiger partial charge in [0.05, 0.1) is 19.3 Å². The maximum atomic E-state index is 13.4. The van der Waals surface area contributed by atoms with Crippen LogP contribution in [-0.4, -0.2) is 164 Å². The molecule has 50 heavy (non-hydrogen) atoms. The van der Waals surface area contributed by atoms with Crippen molar-refractivity contribution in [3.63, 3.8) is 0 Å². The summed E-state index contributed by atoms with van der Waals surface area (Å²) in [5, 5.41) is 74.2. The highest BCUT2D eigenvalue weighted by Gasteiger charge is 2.41. The maximum absolute atomic E-state index is 13.4. The molecule has 8 amide bonds. The third-order valence-corrected chi connectivity index (χ3v) is 7.10. The first-order valence-electron chi connectivity index (χ1n) is 14.8. The first-order valence-corrected chi connectivity index (χ1v) is 14.8. The zero-order valence-electron chi connectivity index (χ0n) is 27.0. The van der Waals surface area contributed by atoms with E-state index in [1.807, 2.05) is 26.6 Å². The third-order valence-electron chi connectivity index (χ3n) is 7.10. The van der Waals surface area contributed by atoms with Crippen LogP contribution in [0.4, 0.5) is 0 Å². The Morgan fingerprint density at radius 2 is 1.22 bits per heavy atom. The Labute approximate surface area is 283 Å². The minimum absolute atomic E-state index is 0.712. The Morgan fingerprint density at radius 1 is 0.720 bits per heavy atom. The number of carbonyl (C=O) groups is 9. The number of aliphatic hydroxyl groups excluding tert-OH is 5. The van der Waals surface area contributed by atoms with Gasteiger partial charge >= 0.3 is 5.97 Å². The van der Waals surface area contributed by atoms with Gasteiger partial charge < -0.3 is 79.3 Å². The second kappa shape index (κ2) is 19.2. The van der Waals surface area contributed by atoms with Crippen molar-refractivity contribution in [1.29, 1.82) is 0 Å². The molecule has 1 aliphatic heterocycles. The highest BCUT2D eigenvalue weighted by atomic mass is 16.4. The maximum Gasteiger partial charge on any atom is 0.336 e. The van der Waals surface area contributed by atoms with Crippen LogP contribution in [0.3, 0.4) is 0 Å². The molecule has 1 saturated heterocycles. The summed E-state index contributed by atoms with van der Waals surface area (Å²) in [5.41, 5.74) is 10.5. The first kappa shape index (κ1) is 43.0. The predicted molar refractivity (Wildman–Crippen MR) is 162 cm³/mol. The number of nitrogens with one attached hydrogen (secondary N) is 7. The van der Waals surface area contributed by atoms with E-state index in [1.54, 1.807) is 5.32 Å². The number of primary amides is 1. The number of carboxylic acids is 1. The molecule has 0 aromatic rings. The predicted octanol–water partition coefficient (Wildman–Crippen LogP) is -10.3. The van der Waals surface area contributed by atoms with Crippen molar-refractivity contribution in [1.82, 2.24) is 37.2 Å². The van der Waals surface area contributed by atoms with Crippen molar-refractivity contribution in [3.05, 3.63) is 0 Å². The smallest absolute Gasteiger partial charge is 0.336 e. The molecule has 0 aromatic carbocycles. The van der Waals surface area contributed by atoms with Crippen LogP contribution in [0.1, 0.15) is 20.8 Å². The number of hydrogen-bond donors (Lipinski definition) is 15.